The summed E-state index contributed by atoms with van der Waals surface area (Å²) >= 11 is 0.927. The highest BCUT2D eigenvalue weighted by Gasteiger charge is 2.40. The second kappa shape index (κ2) is 5.08. The van der Waals surface area contributed by atoms with Crippen molar-refractivity contribution in [2.24, 2.45) is 5.92 Å². The van der Waals surface area contributed by atoms with Gasteiger partial charge in [0, 0.05) is 13.1 Å². The van der Waals surface area contributed by atoms with Gasteiger partial charge in [0.2, 0.25) is 11.8 Å². The van der Waals surface area contributed by atoms with Crippen molar-refractivity contribution in [2.45, 2.75) is 31.4 Å². The van der Waals surface area contributed by atoms with Gasteiger partial charge in [-0.1, -0.05) is 18.7 Å². The molecule has 0 radical (unpaired) electrons. The Labute approximate surface area is 104 Å². The van der Waals surface area contributed by atoms with Crippen LogP contribution in [0.4, 0.5) is 4.79 Å². The molecule has 0 aliphatic carbocycles. The van der Waals surface area contributed by atoms with E-state index in [-0.39, 0.29) is 17.1 Å². The monoisotopic (exact) mass is 256 g/mol. The minimum absolute atomic E-state index is 0.00736. The number of thioether (sulfide) groups is 1. The number of carbonyl (C=O) groups is 3. The van der Waals surface area contributed by atoms with Crippen LogP contribution < -0.4 is 5.32 Å². The predicted molar refractivity (Wildman–Crippen MR) is 64.5 cm³/mol. The Morgan fingerprint density at radius 2 is 2.00 bits per heavy atom. The first-order chi connectivity index (χ1) is 8.09. The van der Waals surface area contributed by atoms with Gasteiger partial charge in [-0.05, 0) is 19.3 Å². The van der Waals surface area contributed by atoms with Gasteiger partial charge < -0.3 is 4.90 Å². The van der Waals surface area contributed by atoms with Gasteiger partial charge in [0.1, 0.15) is 5.25 Å². The van der Waals surface area contributed by atoms with Gasteiger partial charge in [-0.15, -0.1) is 0 Å². The highest BCUT2D eigenvalue weighted by atomic mass is 32.2. The zero-order valence-electron chi connectivity index (χ0n) is 9.77. The van der Waals surface area contributed by atoms with Crippen LogP contribution in [0.2, 0.25) is 0 Å². The van der Waals surface area contributed by atoms with Gasteiger partial charge >= 0.3 is 0 Å². The van der Waals surface area contributed by atoms with E-state index < -0.39 is 11.2 Å². The molecule has 0 aromatic heterocycles. The van der Waals surface area contributed by atoms with Crippen LogP contribution in [-0.2, 0) is 9.59 Å². The lowest BCUT2D eigenvalue weighted by Crippen LogP contribution is -2.43. The summed E-state index contributed by atoms with van der Waals surface area (Å²) in [5.74, 6) is -0.769. The molecule has 1 N–H and O–H groups in total. The van der Waals surface area contributed by atoms with E-state index >= 15 is 0 Å². The highest BCUT2D eigenvalue weighted by Crippen LogP contribution is 2.27. The van der Waals surface area contributed by atoms with E-state index in [1.165, 1.54) is 0 Å². The number of nitrogens with zero attached hydrogens (tertiary/aromatic N) is 1. The second-order valence-corrected chi connectivity index (χ2v) is 5.60. The van der Waals surface area contributed by atoms with Crippen LogP contribution in [0.25, 0.3) is 0 Å². The molecule has 0 spiro atoms. The maximum Gasteiger partial charge on any atom is 0.286 e. The number of nitrogens with one attached hydrogen (secondary N) is 1. The van der Waals surface area contributed by atoms with Crippen molar-refractivity contribution in [2.75, 3.05) is 13.1 Å². The van der Waals surface area contributed by atoms with E-state index in [4.69, 9.17) is 0 Å². The lowest BCUT2D eigenvalue weighted by atomic mass is 10.0. The fourth-order valence-corrected chi connectivity index (χ4v) is 3.11. The molecule has 2 atom stereocenters. The molecule has 3 amide bonds. The van der Waals surface area contributed by atoms with Crippen LogP contribution in [0.1, 0.15) is 26.2 Å². The number of carbonyl (C=O) groups excluding carboxylic acids is 3. The molecule has 0 saturated carbocycles. The molecule has 0 bridgehead atoms. The van der Waals surface area contributed by atoms with E-state index in [9.17, 15) is 14.4 Å². The normalized spacial score (nSPS) is 26.9. The van der Waals surface area contributed by atoms with Gasteiger partial charge in [0.25, 0.3) is 5.24 Å². The lowest BCUT2D eigenvalue weighted by Gasteiger charge is -2.30. The summed E-state index contributed by atoms with van der Waals surface area (Å²) in [7, 11) is 0. The number of rotatable bonds is 2. The summed E-state index contributed by atoms with van der Waals surface area (Å²) in [6, 6.07) is 0. The van der Waals surface area contributed by atoms with E-state index in [2.05, 4.69) is 5.32 Å². The Kier molecular flexibility index (Phi) is 3.71. The maximum absolute atomic E-state index is 12.2. The third-order valence-corrected chi connectivity index (χ3v) is 4.42. The van der Waals surface area contributed by atoms with E-state index in [1.807, 2.05) is 4.90 Å². The molecule has 6 heteroatoms. The molecule has 0 aromatic rings. The zero-order chi connectivity index (χ0) is 12.4. The van der Waals surface area contributed by atoms with Gasteiger partial charge in [-0.25, -0.2) is 0 Å². The number of amides is 3. The maximum atomic E-state index is 12.2. The molecule has 2 fully saturated rings. The molecule has 2 rings (SSSR count). The van der Waals surface area contributed by atoms with Crippen molar-refractivity contribution in [3.63, 3.8) is 0 Å². The molecule has 2 saturated heterocycles. The molecule has 17 heavy (non-hydrogen) atoms. The quantitative estimate of drug-likeness (QED) is 0.800. The standard InChI is InChI=1S/C11H16N2O3S/c1-7(8-9(14)12-11(16)17-8)10(15)13-5-3-2-4-6-13/h7-8H,2-6H2,1H3,(H,12,14,16)/t7-,8-/m0/s1. The Bertz CT molecular complexity index is 353. The average Bonchev–Trinajstić information content (AvgIpc) is 2.68. The molecule has 0 unspecified atom stereocenters. The van der Waals surface area contributed by atoms with Crippen molar-refractivity contribution in [3.8, 4) is 0 Å². The molecule has 2 aliphatic rings. The Hall–Kier alpha value is -1.04. The third kappa shape index (κ3) is 2.62. The Morgan fingerprint density at radius 1 is 1.35 bits per heavy atom. The average molecular weight is 256 g/mol. The second-order valence-electron chi connectivity index (χ2n) is 4.49. The summed E-state index contributed by atoms with van der Waals surface area (Å²) < 4.78 is 0. The van der Waals surface area contributed by atoms with Gasteiger partial charge in [-0.2, -0.15) is 0 Å². The van der Waals surface area contributed by atoms with Gasteiger partial charge in [0.15, 0.2) is 0 Å². The highest BCUT2D eigenvalue weighted by molar-refractivity contribution is 8.15. The number of hydrogen-bond donors (Lipinski definition) is 1. The van der Waals surface area contributed by atoms with Gasteiger partial charge in [0.05, 0.1) is 5.92 Å². The fourth-order valence-electron chi connectivity index (χ4n) is 2.23. The summed E-state index contributed by atoms with van der Waals surface area (Å²) in [6.07, 6.45) is 3.22. The molecular weight excluding hydrogens is 240 g/mol. The predicted octanol–water partition coefficient (Wildman–Crippen LogP) is 0.987. The summed E-state index contributed by atoms with van der Waals surface area (Å²) in [5.41, 5.74) is 0. The van der Waals surface area contributed by atoms with Crippen molar-refractivity contribution in [1.82, 2.24) is 10.2 Å². The van der Waals surface area contributed by atoms with Crippen molar-refractivity contribution in [1.29, 1.82) is 0 Å². The van der Waals surface area contributed by atoms with Crippen molar-refractivity contribution in [3.05, 3.63) is 0 Å². The zero-order valence-corrected chi connectivity index (χ0v) is 10.6. The number of piperidine rings is 1. The Balaban J connectivity index is 1.98. The largest absolute Gasteiger partial charge is 0.342 e. The first kappa shape index (κ1) is 12.4. The first-order valence-corrected chi connectivity index (χ1v) is 6.78. The van der Waals surface area contributed by atoms with Crippen LogP contribution in [0.5, 0.6) is 0 Å². The summed E-state index contributed by atoms with van der Waals surface area (Å²) in [6.45, 7) is 3.28. The Morgan fingerprint density at radius 3 is 2.53 bits per heavy atom. The minimum Gasteiger partial charge on any atom is -0.342 e. The third-order valence-electron chi connectivity index (χ3n) is 3.23. The molecular formula is C11H16N2O3S. The molecule has 2 aliphatic heterocycles. The molecule has 5 nitrogen and oxygen atoms in total. The SMILES string of the molecule is C[C@H](C(=O)N1CCCCC1)[C@@H]1SC(=O)NC1=O. The summed E-state index contributed by atoms with van der Waals surface area (Å²) in [5, 5.41) is 1.31. The van der Waals surface area contributed by atoms with Gasteiger partial charge in [-0.3, -0.25) is 19.7 Å². The molecule has 2 heterocycles. The van der Waals surface area contributed by atoms with Crippen LogP contribution in [0.15, 0.2) is 0 Å². The number of likely N-dealkylation sites (tertiary alicyclic amines) is 1. The minimum atomic E-state index is -0.558. The molecule has 0 aromatic carbocycles. The number of hydrogen-bond acceptors (Lipinski definition) is 4. The van der Waals surface area contributed by atoms with E-state index in [1.54, 1.807) is 6.92 Å². The van der Waals surface area contributed by atoms with E-state index in [0.29, 0.717) is 0 Å². The van der Waals surface area contributed by atoms with Crippen LogP contribution in [0.3, 0.4) is 0 Å². The van der Waals surface area contributed by atoms with Crippen LogP contribution >= 0.6 is 11.8 Å². The topological polar surface area (TPSA) is 66.5 Å². The summed E-state index contributed by atoms with van der Waals surface area (Å²) in [4.78, 5) is 36.5. The lowest BCUT2D eigenvalue weighted by molar-refractivity contribution is -0.137. The molecule has 94 valence electrons. The van der Waals surface area contributed by atoms with Crippen LogP contribution in [0, 0.1) is 5.92 Å². The van der Waals surface area contributed by atoms with Crippen molar-refractivity contribution < 1.29 is 14.4 Å². The van der Waals surface area contributed by atoms with Crippen LogP contribution in [-0.4, -0.2) is 40.3 Å². The van der Waals surface area contributed by atoms with E-state index in [0.717, 1.165) is 44.1 Å². The number of imide groups is 1. The first-order valence-electron chi connectivity index (χ1n) is 5.90. The smallest absolute Gasteiger partial charge is 0.286 e. The fraction of sp³-hybridized carbons (Fsp3) is 0.727. The van der Waals surface area contributed by atoms with Crippen molar-refractivity contribution >= 4 is 28.8 Å².